The summed E-state index contributed by atoms with van der Waals surface area (Å²) in [5.74, 6) is -1.13. The monoisotopic (exact) mass is 351 g/mol. The van der Waals surface area contributed by atoms with Gasteiger partial charge in [0.1, 0.15) is 11.4 Å². The topological polar surface area (TPSA) is 64.6 Å². The number of nitrogens with one attached hydrogen (secondary N) is 1. The van der Waals surface area contributed by atoms with E-state index in [2.05, 4.69) is 5.32 Å². The van der Waals surface area contributed by atoms with E-state index in [1.165, 1.54) is 0 Å². The van der Waals surface area contributed by atoms with Crippen LogP contribution >= 0.6 is 0 Å². The van der Waals surface area contributed by atoms with Gasteiger partial charge in [-0.25, -0.2) is 9.18 Å². The van der Waals surface area contributed by atoms with Crippen LogP contribution in [0, 0.1) is 0 Å². The zero-order valence-electron chi connectivity index (χ0n) is 15.2. The van der Waals surface area contributed by atoms with E-state index in [4.69, 9.17) is 9.47 Å². The fourth-order valence-corrected chi connectivity index (χ4v) is 2.06. The van der Waals surface area contributed by atoms with Gasteiger partial charge in [-0.2, -0.15) is 0 Å². The summed E-state index contributed by atoms with van der Waals surface area (Å²) in [5.41, 5.74) is 0.162. The van der Waals surface area contributed by atoms with E-state index in [1.54, 1.807) is 27.7 Å². The van der Waals surface area contributed by atoms with E-state index in [9.17, 15) is 14.0 Å². The second kappa shape index (κ2) is 9.81. The Morgan fingerprint density at radius 1 is 1.24 bits per heavy atom. The highest BCUT2D eigenvalue weighted by Crippen LogP contribution is 2.14. The van der Waals surface area contributed by atoms with Crippen molar-refractivity contribution in [1.82, 2.24) is 5.32 Å². The first kappa shape index (κ1) is 20.7. The lowest BCUT2D eigenvalue weighted by Gasteiger charge is -2.23. The number of halogens is 1. The van der Waals surface area contributed by atoms with E-state index in [0.717, 1.165) is 11.6 Å². The summed E-state index contributed by atoms with van der Waals surface area (Å²) >= 11 is 0. The third-order valence-electron chi connectivity index (χ3n) is 3.08. The van der Waals surface area contributed by atoms with Gasteiger partial charge in [0.05, 0.1) is 19.1 Å². The van der Waals surface area contributed by atoms with Crippen molar-refractivity contribution in [2.75, 3.05) is 6.61 Å². The third kappa shape index (κ3) is 8.88. The minimum absolute atomic E-state index is 0.193. The highest BCUT2D eigenvalue weighted by molar-refractivity contribution is 5.71. The van der Waals surface area contributed by atoms with Crippen molar-refractivity contribution < 1.29 is 23.5 Å². The van der Waals surface area contributed by atoms with E-state index in [0.29, 0.717) is 0 Å². The molecular formula is C19H26FNO4. The van der Waals surface area contributed by atoms with E-state index >= 15 is 0 Å². The normalized spacial score (nSPS) is 13.1. The predicted molar refractivity (Wildman–Crippen MR) is 93.7 cm³/mol. The van der Waals surface area contributed by atoms with Gasteiger partial charge in [0, 0.05) is 0 Å². The Labute approximate surface area is 148 Å². The fraction of sp³-hybridized carbons (Fsp3) is 0.474. The zero-order chi connectivity index (χ0) is 18.9. The number of alkyl carbamates (subject to hydrolysis) is 1. The first-order valence-corrected chi connectivity index (χ1v) is 8.26. The first-order chi connectivity index (χ1) is 11.7. The zero-order valence-corrected chi connectivity index (χ0v) is 15.2. The van der Waals surface area contributed by atoms with Crippen LogP contribution < -0.4 is 5.32 Å². The molecule has 6 heteroatoms. The molecule has 0 bridgehead atoms. The number of ether oxygens (including phenoxy) is 2. The maximum atomic E-state index is 14.5. The van der Waals surface area contributed by atoms with Crippen LogP contribution in [0.5, 0.6) is 0 Å². The van der Waals surface area contributed by atoms with E-state index < -0.39 is 29.5 Å². The molecule has 1 aromatic rings. The van der Waals surface area contributed by atoms with Crippen molar-refractivity contribution in [3.63, 3.8) is 0 Å². The molecule has 0 radical (unpaired) electrons. The molecule has 25 heavy (non-hydrogen) atoms. The van der Waals surface area contributed by atoms with Gasteiger partial charge < -0.3 is 14.8 Å². The Bertz CT molecular complexity index is 593. The van der Waals surface area contributed by atoms with E-state index in [-0.39, 0.29) is 19.4 Å². The summed E-state index contributed by atoms with van der Waals surface area (Å²) in [6.45, 7) is 7.10. The van der Waals surface area contributed by atoms with Gasteiger partial charge in [-0.1, -0.05) is 30.3 Å². The van der Waals surface area contributed by atoms with E-state index in [1.807, 2.05) is 30.3 Å². The molecule has 1 rings (SSSR count). The molecule has 0 spiro atoms. The predicted octanol–water partition coefficient (Wildman–Crippen LogP) is 3.93. The van der Waals surface area contributed by atoms with Crippen molar-refractivity contribution in [2.24, 2.45) is 0 Å². The standard InChI is InChI=1S/C19H26FNO4/c1-5-24-17(22)12-11-15(20)16(13-14-9-7-6-8-10-14)21-18(23)25-19(2,3)4/h6-11,16H,5,12-13H2,1-4H3,(H,21,23)/b15-11-/t16-/m1/s1. The molecule has 1 atom stereocenters. The summed E-state index contributed by atoms with van der Waals surface area (Å²) in [6, 6.07) is 8.27. The van der Waals surface area contributed by atoms with Crippen molar-refractivity contribution in [3.8, 4) is 0 Å². The van der Waals surface area contributed by atoms with Gasteiger partial charge in [0.15, 0.2) is 0 Å². The van der Waals surface area contributed by atoms with Crippen LogP contribution in [0.25, 0.3) is 0 Å². The number of amides is 1. The summed E-state index contributed by atoms with van der Waals surface area (Å²) < 4.78 is 24.5. The van der Waals surface area contributed by atoms with Gasteiger partial charge in [-0.15, -0.1) is 0 Å². The smallest absolute Gasteiger partial charge is 0.408 e. The number of carbonyl (C=O) groups is 2. The van der Waals surface area contributed by atoms with Crippen molar-refractivity contribution >= 4 is 12.1 Å². The second-order valence-corrected chi connectivity index (χ2v) is 6.49. The van der Waals surface area contributed by atoms with Gasteiger partial charge >= 0.3 is 12.1 Å². The number of rotatable bonds is 7. The minimum atomic E-state index is -0.924. The van der Waals surface area contributed by atoms with Crippen LogP contribution in [-0.4, -0.2) is 30.3 Å². The Morgan fingerprint density at radius 2 is 1.88 bits per heavy atom. The molecule has 0 saturated heterocycles. The van der Waals surface area contributed by atoms with Crippen LogP contribution in [0.3, 0.4) is 0 Å². The fourth-order valence-electron chi connectivity index (χ4n) is 2.06. The number of carbonyl (C=O) groups excluding carboxylic acids is 2. The van der Waals surface area contributed by atoms with Gasteiger partial charge in [0.2, 0.25) is 0 Å². The highest BCUT2D eigenvalue weighted by atomic mass is 19.1. The average molecular weight is 351 g/mol. The van der Waals surface area contributed by atoms with Gasteiger partial charge in [0.25, 0.3) is 0 Å². The lowest BCUT2D eigenvalue weighted by atomic mass is 10.0. The molecule has 1 aromatic carbocycles. The maximum Gasteiger partial charge on any atom is 0.408 e. The highest BCUT2D eigenvalue weighted by Gasteiger charge is 2.22. The lowest BCUT2D eigenvalue weighted by molar-refractivity contribution is -0.142. The van der Waals surface area contributed by atoms with Crippen molar-refractivity contribution in [1.29, 1.82) is 0 Å². The molecule has 1 amide bonds. The van der Waals surface area contributed by atoms with Crippen molar-refractivity contribution in [2.45, 2.75) is 52.2 Å². The molecule has 0 fully saturated rings. The number of benzene rings is 1. The molecule has 0 aliphatic heterocycles. The van der Waals surface area contributed by atoms with Crippen LogP contribution in [0.1, 0.15) is 39.7 Å². The Hall–Kier alpha value is -2.37. The Morgan fingerprint density at radius 3 is 2.44 bits per heavy atom. The lowest BCUT2D eigenvalue weighted by Crippen LogP contribution is -2.40. The Balaban J connectivity index is 2.84. The molecule has 5 nitrogen and oxygen atoms in total. The van der Waals surface area contributed by atoms with Gasteiger partial charge in [-0.3, -0.25) is 4.79 Å². The summed E-state index contributed by atoms with van der Waals surface area (Å²) in [7, 11) is 0. The van der Waals surface area contributed by atoms with Crippen LogP contribution in [0.2, 0.25) is 0 Å². The number of esters is 1. The van der Waals surface area contributed by atoms with Crippen molar-refractivity contribution in [3.05, 3.63) is 47.8 Å². The second-order valence-electron chi connectivity index (χ2n) is 6.49. The minimum Gasteiger partial charge on any atom is -0.466 e. The summed E-state index contributed by atoms with van der Waals surface area (Å²) in [4.78, 5) is 23.4. The van der Waals surface area contributed by atoms with Gasteiger partial charge in [-0.05, 0) is 45.8 Å². The summed E-state index contributed by atoms with van der Waals surface area (Å²) in [6.07, 6.45) is 0.461. The SMILES string of the molecule is CCOC(=O)C/C=C(\F)[C@@H](Cc1ccccc1)NC(=O)OC(C)(C)C. The molecule has 1 N–H and O–H groups in total. The third-order valence-corrected chi connectivity index (χ3v) is 3.08. The molecule has 0 saturated carbocycles. The molecule has 0 aromatic heterocycles. The Kier molecular flexibility index (Phi) is 8.11. The molecule has 0 aliphatic rings. The summed E-state index contributed by atoms with van der Waals surface area (Å²) in [5, 5.41) is 2.52. The number of hydrogen-bond donors (Lipinski definition) is 1. The maximum absolute atomic E-state index is 14.5. The largest absolute Gasteiger partial charge is 0.466 e. The molecule has 0 heterocycles. The molecular weight excluding hydrogens is 325 g/mol. The average Bonchev–Trinajstić information content (AvgIpc) is 2.51. The number of hydrogen-bond acceptors (Lipinski definition) is 4. The molecule has 0 unspecified atom stereocenters. The first-order valence-electron chi connectivity index (χ1n) is 8.26. The van der Waals surface area contributed by atoms with Crippen LogP contribution in [0.4, 0.5) is 9.18 Å². The molecule has 138 valence electrons. The van der Waals surface area contributed by atoms with Crippen LogP contribution in [-0.2, 0) is 20.7 Å². The molecule has 0 aliphatic carbocycles. The van der Waals surface area contributed by atoms with Crippen LogP contribution in [0.15, 0.2) is 42.2 Å². The quantitative estimate of drug-likeness (QED) is 0.756.